The minimum atomic E-state index is 0.511. The molecule has 0 saturated carbocycles. The molecule has 1 N–H and O–H groups in total. The molecule has 19 heavy (non-hydrogen) atoms. The average molecular weight is 338 g/mol. The van der Waals surface area contributed by atoms with Crippen molar-refractivity contribution in [2.24, 2.45) is 0 Å². The van der Waals surface area contributed by atoms with Crippen LogP contribution in [0.4, 0.5) is 0 Å². The standard InChI is InChI=1S/C16H20BrNS/c1-3-18-15(10-16-9-14(17)11-19-16)8-13-6-4-5-12(2)7-13/h4-7,9,11,15,18H,3,8,10H2,1-2H3. The van der Waals surface area contributed by atoms with Crippen molar-refractivity contribution in [3.8, 4) is 0 Å². The molecule has 0 radical (unpaired) electrons. The Morgan fingerprint density at radius 3 is 2.74 bits per heavy atom. The van der Waals surface area contributed by atoms with Crippen LogP contribution < -0.4 is 5.32 Å². The Morgan fingerprint density at radius 2 is 2.11 bits per heavy atom. The molecule has 2 rings (SSSR count). The average Bonchev–Trinajstić information content (AvgIpc) is 2.75. The summed E-state index contributed by atoms with van der Waals surface area (Å²) in [4.78, 5) is 1.44. The summed E-state index contributed by atoms with van der Waals surface area (Å²) in [7, 11) is 0. The zero-order valence-electron chi connectivity index (χ0n) is 11.4. The fourth-order valence-electron chi connectivity index (χ4n) is 2.33. The highest BCUT2D eigenvalue weighted by Crippen LogP contribution is 2.22. The van der Waals surface area contributed by atoms with Crippen molar-refractivity contribution in [3.05, 3.63) is 56.2 Å². The smallest absolute Gasteiger partial charge is 0.0285 e. The monoisotopic (exact) mass is 337 g/mol. The number of benzene rings is 1. The molecule has 1 unspecified atom stereocenters. The lowest BCUT2D eigenvalue weighted by Gasteiger charge is -2.17. The fraction of sp³-hybridized carbons (Fsp3) is 0.375. The minimum absolute atomic E-state index is 0.511. The van der Waals surface area contributed by atoms with Crippen molar-refractivity contribution in [1.29, 1.82) is 0 Å². The van der Waals surface area contributed by atoms with Gasteiger partial charge in [-0.2, -0.15) is 0 Å². The molecule has 0 fully saturated rings. The van der Waals surface area contributed by atoms with E-state index in [1.54, 1.807) is 0 Å². The summed E-state index contributed by atoms with van der Waals surface area (Å²) in [5, 5.41) is 5.76. The van der Waals surface area contributed by atoms with Crippen molar-refractivity contribution >= 4 is 27.3 Å². The second kappa shape index (κ2) is 7.22. The summed E-state index contributed by atoms with van der Waals surface area (Å²) < 4.78 is 1.19. The lowest BCUT2D eigenvalue weighted by Crippen LogP contribution is -2.32. The highest BCUT2D eigenvalue weighted by molar-refractivity contribution is 9.10. The Balaban J connectivity index is 2.03. The van der Waals surface area contributed by atoms with Crippen LogP contribution in [0.25, 0.3) is 0 Å². The summed E-state index contributed by atoms with van der Waals surface area (Å²) in [6.07, 6.45) is 2.18. The van der Waals surface area contributed by atoms with E-state index in [1.807, 2.05) is 11.3 Å². The molecule has 0 amide bonds. The normalized spacial score (nSPS) is 12.6. The number of hydrogen-bond acceptors (Lipinski definition) is 2. The van der Waals surface area contributed by atoms with Crippen molar-refractivity contribution in [2.75, 3.05) is 6.54 Å². The molecule has 0 aliphatic rings. The van der Waals surface area contributed by atoms with Crippen LogP contribution in [0.2, 0.25) is 0 Å². The van der Waals surface area contributed by atoms with Crippen molar-refractivity contribution in [2.45, 2.75) is 32.7 Å². The molecule has 2 aromatic rings. The van der Waals surface area contributed by atoms with Gasteiger partial charge in [-0.3, -0.25) is 0 Å². The van der Waals surface area contributed by atoms with Gasteiger partial charge in [0.05, 0.1) is 0 Å². The first-order chi connectivity index (χ1) is 9.17. The summed E-state index contributed by atoms with van der Waals surface area (Å²) >= 11 is 5.36. The SMILES string of the molecule is CCNC(Cc1cccc(C)c1)Cc1cc(Br)cs1. The number of nitrogens with one attached hydrogen (secondary N) is 1. The third-order valence-corrected chi connectivity index (χ3v) is 4.85. The van der Waals surface area contributed by atoms with Crippen LogP contribution >= 0.6 is 27.3 Å². The van der Waals surface area contributed by atoms with E-state index < -0.39 is 0 Å². The fourth-order valence-corrected chi connectivity index (χ4v) is 3.87. The molecule has 1 aromatic carbocycles. The molecule has 1 nitrogen and oxygen atoms in total. The van der Waals surface area contributed by atoms with Crippen LogP contribution in [0, 0.1) is 6.92 Å². The highest BCUT2D eigenvalue weighted by Gasteiger charge is 2.11. The predicted molar refractivity (Wildman–Crippen MR) is 88.1 cm³/mol. The molecule has 1 aromatic heterocycles. The van der Waals surface area contributed by atoms with E-state index in [-0.39, 0.29) is 0 Å². The third kappa shape index (κ3) is 4.75. The molecule has 102 valence electrons. The second-order valence-corrected chi connectivity index (χ2v) is 6.79. The van der Waals surface area contributed by atoms with E-state index in [2.05, 4.69) is 70.8 Å². The van der Waals surface area contributed by atoms with Gasteiger partial charge in [-0.25, -0.2) is 0 Å². The van der Waals surface area contributed by atoms with Gasteiger partial charge in [0.1, 0.15) is 0 Å². The van der Waals surface area contributed by atoms with Gasteiger partial charge in [-0.1, -0.05) is 36.8 Å². The minimum Gasteiger partial charge on any atom is -0.314 e. The molecule has 3 heteroatoms. The maximum absolute atomic E-state index is 3.60. The number of hydrogen-bond donors (Lipinski definition) is 1. The van der Waals surface area contributed by atoms with E-state index in [1.165, 1.54) is 20.5 Å². The summed E-state index contributed by atoms with van der Waals surface area (Å²) in [6, 6.07) is 11.6. The first-order valence-corrected chi connectivity index (χ1v) is 8.36. The lowest BCUT2D eigenvalue weighted by molar-refractivity contribution is 0.524. The number of rotatable bonds is 6. The van der Waals surface area contributed by atoms with Crippen molar-refractivity contribution in [1.82, 2.24) is 5.32 Å². The largest absolute Gasteiger partial charge is 0.314 e. The van der Waals surface area contributed by atoms with E-state index in [0.717, 1.165) is 19.4 Å². The number of thiophene rings is 1. The zero-order valence-corrected chi connectivity index (χ0v) is 13.9. The molecule has 0 aliphatic heterocycles. The molecule has 0 saturated heterocycles. The summed E-state index contributed by atoms with van der Waals surface area (Å²) in [6.45, 7) is 5.35. The van der Waals surface area contributed by atoms with Gasteiger partial charge in [-0.15, -0.1) is 11.3 Å². The van der Waals surface area contributed by atoms with E-state index in [4.69, 9.17) is 0 Å². The van der Waals surface area contributed by atoms with Gasteiger partial charge < -0.3 is 5.32 Å². The van der Waals surface area contributed by atoms with Crippen LogP contribution in [0.3, 0.4) is 0 Å². The Labute approximate surface area is 128 Å². The molecule has 1 heterocycles. The molecule has 0 spiro atoms. The van der Waals surface area contributed by atoms with Gasteiger partial charge in [0.2, 0.25) is 0 Å². The third-order valence-electron chi connectivity index (χ3n) is 3.13. The van der Waals surface area contributed by atoms with Crippen LogP contribution in [-0.2, 0) is 12.8 Å². The first kappa shape index (κ1) is 14.8. The van der Waals surface area contributed by atoms with E-state index >= 15 is 0 Å². The number of aryl methyl sites for hydroxylation is 1. The highest BCUT2D eigenvalue weighted by atomic mass is 79.9. The van der Waals surface area contributed by atoms with Gasteiger partial charge in [0.25, 0.3) is 0 Å². The Hall–Kier alpha value is -0.640. The van der Waals surface area contributed by atoms with Gasteiger partial charge in [0.15, 0.2) is 0 Å². The number of likely N-dealkylation sites (N-methyl/N-ethyl adjacent to an activating group) is 1. The van der Waals surface area contributed by atoms with Crippen LogP contribution in [0.1, 0.15) is 22.9 Å². The van der Waals surface area contributed by atoms with Crippen molar-refractivity contribution < 1.29 is 0 Å². The summed E-state index contributed by atoms with van der Waals surface area (Å²) in [5.41, 5.74) is 2.76. The lowest BCUT2D eigenvalue weighted by atomic mass is 10.0. The summed E-state index contributed by atoms with van der Waals surface area (Å²) in [5.74, 6) is 0. The maximum atomic E-state index is 3.60. The van der Waals surface area contributed by atoms with Gasteiger partial charge in [-0.05, 0) is 53.9 Å². The molecule has 0 aliphatic carbocycles. The Kier molecular flexibility index (Phi) is 5.61. The molecule has 1 atom stereocenters. The zero-order chi connectivity index (χ0) is 13.7. The topological polar surface area (TPSA) is 12.0 Å². The van der Waals surface area contributed by atoms with Crippen LogP contribution in [0.15, 0.2) is 40.2 Å². The van der Waals surface area contributed by atoms with Crippen LogP contribution in [0.5, 0.6) is 0 Å². The van der Waals surface area contributed by atoms with Crippen molar-refractivity contribution in [3.63, 3.8) is 0 Å². The second-order valence-electron chi connectivity index (χ2n) is 4.88. The quantitative estimate of drug-likeness (QED) is 0.813. The molecular weight excluding hydrogens is 318 g/mol. The van der Waals surface area contributed by atoms with Crippen LogP contribution in [-0.4, -0.2) is 12.6 Å². The Morgan fingerprint density at radius 1 is 1.26 bits per heavy atom. The maximum Gasteiger partial charge on any atom is 0.0285 e. The first-order valence-electron chi connectivity index (χ1n) is 6.69. The van der Waals surface area contributed by atoms with Gasteiger partial charge in [0, 0.05) is 20.8 Å². The molecular formula is C16H20BrNS. The van der Waals surface area contributed by atoms with E-state index in [0.29, 0.717) is 6.04 Å². The van der Waals surface area contributed by atoms with E-state index in [9.17, 15) is 0 Å². The molecule has 0 bridgehead atoms. The van der Waals surface area contributed by atoms with Gasteiger partial charge >= 0.3 is 0 Å². The predicted octanol–water partition coefficient (Wildman–Crippen LogP) is 4.58. The number of halogens is 1. The Bertz CT molecular complexity index is 521.